The van der Waals surface area contributed by atoms with E-state index < -0.39 is 11.7 Å². The van der Waals surface area contributed by atoms with Gasteiger partial charge in [-0.3, -0.25) is 4.79 Å². The topological polar surface area (TPSA) is 105 Å². The van der Waals surface area contributed by atoms with Crippen LogP contribution in [0.3, 0.4) is 0 Å². The number of hydrogen-bond acceptors (Lipinski definition) is 6. The maximum absolute atomic E-state index is 13.3. The fourth-order valence-electron chi connectivity index (χ4n) is 6.09. The van der Waals surface area contributed by atoms with Gasteiger partial charge in [-0.25, -0.2) is 0 Å². The molecule has 4 N–H and O–H groups in total. The minimum Gasteiger partial charge on any atom is -0.493 e. The summed E-state index contributed by atoms with van der Waals surface area (Å²) in [6, 6.07) is 7.58. The van der Waals surface area contributed by atoms with E-state index in [0.29, 0.717) is 51.5 Å². The summed E-state index contributed by atoms with van der Waals surface area (Å²) in [5.74, 6) is 1.12. The third-order valence-corrected chi connectivity index (χ3v) is 8.54. The number of aliphatic hydroxyl groups is 2. The smallest absolute Gasteiger partial charge is 0.225 e. The molecule has 2 unspecified atom stereocenters. The van der Waals surface area contributed by atoms with E-state index in [9.17, 15) is 15.0 Å². The van der Waals surface area contributed by atoms with Gasteiger partial charge in [0, 0.05) is 50.2 Å². The predicted octanol–water partition coefficient (Wildman–Crippen LogP) is 3.21. The van der Waals surface area contributed by atoms with Gasteiger partial charge in [-0.15, -0.1) is 0 Å². The zero-order chi connectivity index (χ0) is 24.8. The molecule has 2 saturated carbocycles. The molecule has 5 atom stereocenters. The second-order valence-corrected chi connectivity index (χ2v) is 11.0. The predicted molar refractivity (Wildman–Crippen MR) is 135 cm³/mol. The van der Waals surface area contributed by atoms with E-state index in [1.807, 2.05) is 29.2 Å². The average molecular weight is 489 g/mol. The number of carbonyl (C=O) groups is 1. The summed E-state index contributed by atoms with van der Waals surface area (Å²) < 4.78 is 11.5. The Morgan fingerprint density at radius 3 is 2.66 bits per heavy atom. The van der Waals surface area contributed by atoms with E-state index in [4.69, 9.17) is 15.2 Å². The summed E-state index contributed by atoms with van der Waals surface area (Å²) >= 11 is 0. The molecule has 3 fully saturated rings. The van der Waals surface area contributed by atoms with Gasteiger partial charge in [-0.2, -0.15) is 0 Å². The van der Waals surface area contributed by atoms with Crippen LogP contribution in [0.1, 0.15) is 69.8 Å². The van der Waals surface area contributed by atoms with Crippen LogP contribution in [-0.4, -0.2) is 66.6 Å². The Labute approximate surface area is 210 Å². The van der Waals surface area contributed by atoms with Crippen LogP contribution in [-0.2, 0) is 15.1 Å². The van der Waals surface area contributed by atoms with Crippen LogP contribution >= 0.6 is 0 Å². The summed E-state index contributed by atoms with van der Waals surface area (Å²) in [6.45, 7) is 2.56. The first-order valence-electron chi connectivity index (χ1n) is 13.6. The highest BCUT2D eigenvalue weighted by molar-refractivity contribution is 5.79. The highest BCUT2D eigenvalue weighted by Crippen LogP contribution is 2.44. The van der Waals surface area contributed by atoms with Crippen molar-refractivity contribution in [2.75, 3.05) is 33.4 Å². The maximum atomic E-state index is 13.3. The Kier molecular flexibility index (Phi) is 9.08. The zero-order valence-corrected chi connectivity index (χ0v) is 21.2. The number of likely N-dealkylation sites (tertiary alicyclic amines) is 1. The molecule has 0 spiro atoms. The summed E-state index contributed by atoms with van der Waals surface area (Å²) in [4.78, 5) is 15.2. The van der Waals surface area contributed by atoms with E-state index in [0.717, 1.165) is 37.0 Å². The molecule has 35 heavy (non-hydrogen) atoms. The molecule has 1 aromatic carbocycles. The van der Waals surface area contributed by atoms with Gasteiger partial charge in [0.25, 0.3) is 0 Å². The molecule has 1 amide bonds. The van der Waals surface area contributed by atoms with Crippen molar-refractivity contribution in [2.45, 2.75) is 82.0 Å². The van der Waals surface area contributed by atoms with Crippen molar-refractivity contribution in [1.82, 2.24) is 4.90 Å². The number of nitrogens with two attached hydrogens (primary N) is 1. The lowest BCUT2D eigenvalue weighted by Gasteiger charge is -2.44. The molecule has 1 aromatic rings. The lowest BCUT2D eigenvalue weighted by Crippen LogP contribution is -2.49. The standard InChI is InChI=1S/C28H44N2O5/c1-34-15-5-4-13-28(33,23-11-2-3-12-26(23)35-19-20-8-6-9-20)22-10-7-14-30(18-22)27(32)21-16-24(29)25(31)17-21/h2-3,11-12,20-22,24-25,31,33H,4-10,13-19,29H2,1H3/t21-,22?,24+,25+,28?/m0/s1. The number of benzene rings is 1. The number of amides is 1. The molecule has 1 aliphatic heterocycles. The van der Waals surface area contributed by atoms with Crippen LogP contribution in [0.5, 0.6) is 5.75 Å². The molecule has 0 radical (unpaired) electrons. The van der Waals surface area contributed by atoms with Crippen LogP contribution in [0.15, 0.2) is 24.3 Å². The number of ether oxygens (including phenoxy) is 2. The lowest BCUT2D eigenvalue weighted by molar-refractivity contribution is -0.141. The second-order valence-electron chi connectivity index (χ2n) is 11.0. The molecule has 1 heterocycles. The third-order valence-electron chi connectivity index (χ3n) is 8.54. The van der Waals surface area contributed by atoms with Crippen molar-refractivity contribution in [3.05, 3.63) is 29.8 Å². The van der Waals surface area contributed by atoms with Gasteiger partial charge in [0.2, 0.25) is 5.91 Å². The number of unbranched alkanes of at least 4 members (excludes halogenated alkanes) is 1. The van der Waals surface area contributed by atoms with Crippen molar-refractivity contribution >= 4 is 5.91 Å². The van der Waals surface area contributed by atoms with Gasteiger partial charge >= 0.3 is 0 Å². The third kappa shape index (κ3) is 6.19. The van der Waals surface area contributed by atoms with Crippen molar-refractivity contribution in [2.24, 2.45) is 23.5 Å². The lowest BCUT2D eigenvalue weighted by atomic mass is 9.73. The molecule has 7 nitrogen and oxygen atoms in total. The minimum absolute atomic E-state index is 0.0675. The summed E-state index contributed by atoms with van der Waals surface area (Å²) in [5.41, 5.74) is 5.74. The molecule has 4 rings (SSSR count). The number of aliphatic hydroxyl groups excluding tert-OH is 1. The SMILES string of the molecule is COCCCCC(O)(c1ccccc1OCC1CCC1)C1CCCN(C(=O)[C@H]2C[C@@H](N)[C@H](O)C2)C1. The largest absolute Gasteiger partial charge is 0.493 e. The van der Waals surface area contributed by atoms with Gasteiger partial charge < -0.3 is 30.3 Å². The Hall–Kier alpha value is -1.67. The normalized spacial score (nSPS) is 29.0. The van der Waals surface area contributed by atoms with Crippen molar-refractivity contribution in [1.29, 1.82) is 0 Å². The van der Waals surface area contributed by atoms with Gasteiger partial charge in [0.05, 0.1) is 18.3 Å². The van der Waals surface area contributed by atoms with E-state index in [1.165, 1.54) is 19.3 Å². The number of para-hydroxylation sites is 1. The average Bonchev–Trinajstić information content (AvgIpc) is 3.18. The van der Waals surface area contributed by atoms with Crippen LogP contribution in [0.4, 0.5) is 0 Å². The van der Waals surface area contributed by atoms with Crippen LogP contribution < -0.4 is 10.5 Å². The minimum atomic E-state index is -1.09. The first-order chi connectivity index (χ1) is 16.9. The molecule has 1 saturated heterocycles. The van der Waals surface area contributed by atoms with Crippen LogP contribution in [0, 0.1) is 17.8 Å². The van der Waals surface area contributed by atoms with E-state index >= 15 is 0 Å². The van der Waals surface area contributed by atoms with Crippen molar-refractivity contribution in [3.63, 3.8) is 0 Å². The van der Waals surface area contributed by atoms with E-state index in [-0.39, 0.29) is 23.8 Å². The highest BCUT2D eigenvalue weighted by atomic mass is 16.5. The summed E-state index contributed by atoms with van der Waals surface area (Å²) in [7, 11) is 1.70. The van der Waals surface area contributed by atoms with Crippen molar-refractivity contribution in [3.8, 4) is 5.75 Å². The number of carbonyl (C=O) groups excluding carboxylic acids is 1. The first kappa shape index (κ1) is 26.4. The Bertz CT molecular complexity index is 821. The number of nitrogens with zero attached hydrogens (tertiary/aromatic N) is 1. The molecule has 196 valence electrons. The Balaban J connectivity index is 1.53. The van der Waals surface area contributed by atoms with Crippen LogP contribution in [0.2, 0.25) is 0 Å². The number of hydrogen-bond donors (Lipinski definition) is 3. The molecular weight excluding hydrogens is 444 g/mol. The highest BCUT2D eigenvalue weighted by Gasteiger charge is 2.44. The maximum Gasteiger partial charge on any atom is 0.225 e. The molecule has 2 aliphatic carbocycles. The molecular formula is C28H44N2O5. The van der Waals surface area contributed by atoms with Gasteiger partial charge in [0.1, 0.15) is 5.75 Å². The molecule has 0 bridgehead atoms. The fraction of sp³-hybridized carbons (Fsp3) is 0.750. The molecule has 7 heteroatoms. The zero-order valence-electron chi connectivity index (χ0n) is 21.2. The van der Waals surface area contributed by atoms with Crippen LogP contribution in [0.25, 0.3) is 0 Å². The first-order valence-corrected chi connectivity index (χ1v) is 13.6. The summed E-state index contributed by atoms with van der Waals surface area (Å²) in [6.07, 6.45) is 8.05. The molecule has 0 aromatic heterocycles. The fourth-order valence-corrected chi connectivity index (χ4v) is 6.09. The Morgan fingerprint density at radius 2 is 1.97 bits per heavy atom. The molecule has 3 aliphatic rings. The van der Waals surface area contributed by atoms with E-state index in [2.05, 4.69) is 0 Å². The van der Waals surface area contributed by atoms with Gasteiger partial charge in [0.15, 0.2) is 0 Å². The second kappa shape index (κ2) is 12.0. The Morgan fingerprint density at radius 1 is 1.17 bits per heavy atom. The van der Waals surface area contributed by atoms with Gasteiger partial charge in [-0.1, -0.05) is 24.6 Å². The number of methoxy groups -OCH3 is 1. The quantitative estimate of drug-likeness (QED) is 0.413. The van der Waals surface area contributed by atoms with Gasteiger partial charge in [-0.05, 0) is 69.8 Å². The monoisotopic (exact) mass is 488 g/mol. The summed E-state index contributed by atoms with van der Waals surface area (Å²) in [5, 5.41) is 22.4. The number of rotatable bonds is 11. The van der Waals surface area contributed by atoms with E-state index in [1.54, 1.807) is 7.11 Å². The number of piperidine rings is 1. The van der Waals surface area contributed by atoms with Crippen molar-refractivity contribution < 1.29 is 24.5 Å².